The van der Waals surface area contributed by atoms with Crippen LogP contribution in [0.1, 0.15) is 38.2 Å². The number of hydrogen-bond acceptors (Lipinski definition) is 6. The van der Waals surface area contributed by atoms with Crippen molar-refractivity contribution >= 4 is 29.2 Å². The van der Waals surface area contributed by atoms with Gasteiger partial charge >= 0.3 is 17.6 Å². The van der Waals surface area contributed by atoms with Crippen molar-refractivity contribution in [1.82, 2.24) is 0 Å². The minimum absolute atomic E-state index is 0.0711. The number of benzene rings is 1. The number of hydrogen-bond donors (Lipinski definition) is 0. The molecule has 0 aliphatic carbocycles. The first-order valence-electron chi connectivity index (χ1n) is 7.12. The number of rotatable bonds is 8. The number of nitro groups is 1. The summed E-state index contributed by atoms with van der Waals surface area (Å²) >= 11 is 5.48. The van der Waals surface area contributed by atoms with Gasteiger partial charge in [0.05, 0.1) is 17.4 Å². The zero-order chi connectivity index (χ0) is 17.4. The maximum Gasteiger partial charge on any atom is 0.313 e. The minimum Gasteiger partial charge on any atom is -0.466 e. The molecule has 0 radical (unpaired) electrons. The molecular formula is C15H18ClNO6. The van der Waals surface area contributed by atoms with Crippen LogP contribution in [0.4, 0.5) is 5.69 Å². The number of carbonyl (C=O) groups is 2. The molecule has 0 saturated carbocycles. The zero-order valence-electron chi connectivity index (χ0n) is 12.9. The van der Waals surface area contributed by atoms with Gasteiger partial charge < -0.3 is 9.47 Å². The van der Waals surface area contributed by atoms with E-state index in [0.29, 0.717) is 17.9 Å². The van der Waals surface area contributed by atoms with Crippen LogP contribution in [-0.4, -0.2) is 29.3 Å². The first-order valence-corrected chi connectivity index (χ1v) is 7.65. The molecule has 1 unspecified atom stereocenters. The molecule has 0 spiro atoms. The van der Waals surface area contributed by atoms with Crippen LogP contribution >= 0.6 is 11.6 Å². The Morgan fingerprint density at radius 2 is 2.09 bits per heavy atom. The van der Waals surface area contributed by atoms with E-state index in [1.165, 1.54) is 18.2 Å². The fourth-order valence-electron chi connectivity index (χ4n) is 1.82. The maximum absolute atomic E-state index is 11.7. The van der Waals surface area contributed by atoms with Crippen LogP contribution in [0.25, 0.3) is 0 Å². The Morgan fingerprint density at radius 1 is 1.39 bits per heavy atom. The third-order valence-electron chi connectivity index (χ3n) is 3.06. The van der Waals surface area contributed by atoms with Crippen molar-refractivity contribution in [3.8, 4) is 5.75 Å². The molecule has 0 aromatic heterocycles. The third kappa shape index (κ3) is 5.52. The summed E-state index contributed by atoms with van der Waals surface area (Å²) in [5, 5.41) is 11.2. The van der Waals surface area contributed by atoms with Crippen LogP contribution in [0.5, 0.6) is 5.75 Å². The number of nitrogens with zero attached hydrogens (tertiary/aromatic N) is 1. The summed E-state index contributed by atoms with van der Waals surface area (Å²) in [4.78, 5) is 33.8. The Morgan fingerprint density at radius 3 is 2.65 bits per heavy atom. The van der Waals surface area contributed by atoms with Crippen molar-refractivity contribution < 1.29 is 24.0 Å². The highest BCUT2D eigenvalue weighted by Crippen LogP contribution is 2.31. The van der Waals surface area contributed by atoms with Gasteiger partial charge in [0, 0.05) is 18.4 Å². The van der Waals surface area contributed by atoms with E-state index in [-0.39, 0.29) is 24.5 Å². The summed E-state index contributed by atoms with van der Waals surface area (Å²) in [7, 11) is 0. The molecule has 0 aliphatic rings. The normalized spacial score (nSPS) is 11.6. The summed E-state index contributed by atoms with van der Waals surface area (Å²) in [6.45, 7) is 3.49. The van der Waals surface area contributed by atoms with Crippen molar-refractivity contribution in [3.05, 3.63) is 33.9 Å². The van der Waals surface area contributed by atoms with Gasteiger partial charge in [-0.05, 0) is 31.9 Å². The Kier molecular flexibility index (Phi) is 7.47. The largest absolute Gasteiger partial charge is 0.466 e. The highest BCUT2D eigenvalue weighted by molar-refractivity contribution is 6.17. The molecule has 0 bridgehead atoms. The van der Waals surface area contributed by atoms with Crippen LogP contribution < -0.4 is 4.74 Å². The predicted molar refractivity (Wildman–Crippen MR) is 83.7 cm³/mol. The third-order valence-corrected chi connectivity index (χ3v) is 3.33. The number of alkyl halides is 1. The monoisotopic (exact) mass is 343 g/mol. The van der Waals surface area contributed by atoms with Gasteiger partial charge in [-0.2, -0.15) is 0 Å². The lowest BCUT2D eigenvalue weighted by Gasteiger charge is -2.12. The lowest BCUT2D eigenvalue weighted by Crippen LogP contribution is -2.14. The first-order chi connectivity index (χ1) is 10.9. The molecule has 0 N–H and O–H groups in total. The smallest absolute Gasteiger partial charge is 0.313 e. The molecular weight excluding hydrogens is 326 g/mol. The fraction of sp³-hybridized carbons (Fsp3) is 0.467. The van der Waals surface area contributed by atoms with Gasteiger partial charge in [0.1, 0.15) is 0 Å². The maximum atomic E-state index is 11.7. The van der Waals surface area contributed by atoms with Gasteiger partial charge in [-0.3, -0.25) is 19.7 Å². The van der Waals surface area contributed by atoms with Gasteiger partial charge in [-0.25, -0.2) is 0 Å². The van der Waals surface area contributed by atoms with E-state index in [0.717, 1.165) is 0 Å². The lowest BCUT2D eigenvalue weighted by atomic mass is 10.0. The van der Waals surface area contributed by atoms with Crippen molar-refractivity contribution in [1.29, 1.82) is 0 Å². The van der Waals surface area contributed by atoms with E-state index >= 15 is 0 Å². The van der Waals surface area contributed by atoms with Crippen molar-refractivity contribution in [2.24, 2.45) is 0 Å². The molecule has 0 aliphatic heterocycles. The van der Waals surface area contributed by atoms with Crippen LogP contribution in [0.2, 0.25) is 0 Å². The highest BCUT2D eigenvalue weighted by atomic mass is 35.5. The molecule has 0 amide bonds. The summed E-state index contributed by atoms with van der Waals surface area (Å²) in [6, 6.07) is 4.02. The molecule has 8 heteroatoms. The molecule has 7 nitrogen and oxygen atoms in total. The number of nitro benzene ring substituents is 1. The van der Waals surface area contributed by atoms with Gasteiger partial charge in [-0.1, -0.05) is 6.07 Å². The quantitative estimate of drug-likeness (QED) is 0.236. The predicted octanol–water partition coefficient (Wildman–Crippen LogP) is 3.19. The number of halogens is 1. The minimum atomic E-state index is -0.661. The van der Waals surface area contributed by atoms with E-state index < -0.39 is 22.8 Å². The summed E-state index contributed by atoms with van der Waals surface area (Å²) < 4.78 is 9.89. The van der Waals surface area contributed by atoms with E-state index in [1.54, 1.807) is 13.8 Å². The van der Waals surface area contributed by atoms with E-state index in [9.17, 15) is 19.7 Å². The van der Waals surface area contributed by atoms with Crippen LogP contribution in [-0.2, 0) is 14.3 Å². The standard InChI is InChI=1S/C15H18ClNO6/c1-3-22-15(19)10(2)11-6-7-13(12(9-11)17(20)21)23-14(18)5-4-8-16/h6-7,9-10H,3-5,8H2,1-2H3. The van der Waals surface area contributed by atoms with Gasteiger partial charge in [0.25, 0.3) is 0 Å². The molecule has 1 rings (SSSR count). The molecule has 1 aromatic carbocycles. The summed E-state index contributed by atoms with van der Waals surface area (Å²) in [5.41, 5.74) is 0.0357. The van der Waals surface area contributed by atoms with Crippen LogP contribution in [0.15, 0.2) is 18.2 Å². The van der Waals surface area contributed by atoms with Crippen molar-refractivity contribution in [3.63, 3.8) is 0 Å². The molecule has 1 aromatic rings. The van der Waals surface area contributed by atoms with Crippen LogP contribution in [0.3, 0.4) is 0 Å². The van der Waals surface area contributed by atoms with Gasteiger partial charge in [0.15, 0.2) is 0 Å². The highest BCUT2D eigenvalue weighted by Gasteiger charge is 2.23. The fourth-order valence-corrected chi connectivity index (χ4v) is 1.95. The van der Waals surface area contributed by atoms with E-state index in [4.69, 9.17) is 21.1 Å². The second kappa shape index (κ2) is 9.09. The van der Waals surface area contributed by atoms with Crippen LogP contribution in [0, 0.1) is 10.1 Å². The number of esters is 2. The Balaban J connectivity index is 3.00. The summed E-state index contributed by atoms with van der Waals surface area (Å²) in [5.74, 6) is -1.59. The molecule has 1 atom stereocenters. The zero-order valence-corrected chi connectivity index (χ0v) is 13.7. The van der Waals surface area contributed by atoms with Crippen molar-refractivity contribution in [2.45, 2.75) is 32.6 Å². The molecule has 0 heterocycles. The molecule has 0 saturated heterocycles. The number of ether oxygens (including phenoxy) is 2. The lowest BCUT2D eigenvalue weighted by molar-refractivity contribution is -0.385. The Labute approximate surface area is 138 Å². The second-order valence-electron chi connectivity index (χ2n) is 4.72. The van der Waals surface area contributed by atoms with Gasteiger partial charge in [0.2, 0.25) is 5.75 Å². The average molecular weight is 344 g/mol. The van der Waals surface area contributed by atoms with E-state index in [1.807, 2.05) is 0 Å². The molecule has 126 valence electrons. The molecule has 0 fully saturated rings. The Bertz CT molecular complexity index is 589. The van der Waals surface area contributed by atoms with Gasteiger partial charge in [-0.15, -0.1) is 11.6 Å². The average Bonchev–Trinajstić information content (AvgIpc) is 2.52. The van der Waals surface area contributed by atoms with E-state index in [2.05, 4.69) is 0 Å². The second-order valence-corrected chi connectivity index (χ2v) is 5.10. The SMILES string of the molecule is CCOC(=O)C(C)c1ccc(OC(=O)CCCCl)c([N+](=O)[O-])c1. The molecule has 23 heavy (non-hydrogen) atoms. The number of carbonyl (C=O) groups excluding carboxylic acids is 2. The Hall–Kier alpha value is -2.15. The summed E-state index contributed by atoms with van der Waals surface area (Å²) in [6.07, 6.45) is 0.494. The topological polar surface area (TPSA) is 95.7 Å². The van der Waals surface area contributed by atoms with Crippen molar-refractivity contribution in [2.75, 3.05) is 12.5 Å². The first kappa shape index (κ1) is 18.9.